The number of nitro benzene ring substituents is 1. The van der Waals surface area contributed by atoms with Crippen molar-refractivity contribution in [3.63, 3.8) is 0 Å². The summed E-state index contributed by atoms with van der Waals surface area (Å²) in [6.45, 7) is 2.41. The number of non-ortho nitro benzene ring substituents is 1. The molecule has 13 heteroatoms. The molecular weight excluding hydrogens is 723 g/mol. The number of hydrogen-bond donors (Lipinski definition) is 3. The van der Waals surface area contributed by atoms with Gasteiger partial charge in [0.05, 0.1) is 17.2 Å². The molecule has 5 aromatic carbocycles. The van der Waals surface area contributed by atoms with E-state index in [2.05, 4.69) is 20.9 Å². The van der Waals surface area contributed by atoms with Gasteiger partial charge in [-0.1, -0.05) is 78.9 Å². The number of ether oxygens (including phenoxy) is 1. The lowest BCUT2D eigenvalue weighted by atomic mass is 10.1. The summed E-state index contributed by atoms with van der Waals surface area (Å²) in [4.78, 5) is 56.7. The van der Waals surface area contributed by atoms with Crippen LogP contribution in [-0.2, 0) is 9.59 Å². The van der Waals surface area contributed by atoms with E-state index in [4.69, 9.17) is 4.74 Å². The van der Waals surface area contributed by atoms with Gasteiger partial charge in [-0.2, -0.15) is 0 Å². The maximum Gasteiger partial charge on any atom is 0.272 e. The van der Waals surface area contributed by atoms with Crippen LogP contribution in [0.3, 0.4) is 0 Å². The average molecular weight is 756 g/mol. The van der Waals surface area contributed by atoms with E-state index in [0.29, 0.717) is 50.5 Å². The van der Waals surface area contributed by atoms with Gasteiger partial charge in [-0.3, -0.25) is 24.5 Å². The van der Waals surface area contributed by atoms with E-state index in [9.17, 15) is 24.5 Å². The molecule has 0 aliphatic rings. The molecule has 0 spiro atoms. The average Bonchev–Trinajstić information content (AvgIpc) is 3.66. The van der Waals surface area contributed by atoms with Crippen molar-refractivity contribution in [1.29, 1.82) is 0 Å². The number of benzene rings is 5. The molecule has 6 aromatic rings. The smallest absolute Gasteiger partial charge is 0.272 e. The molecule has 1 aromatic heterocycles. The number of anilines is 2. The highest BCUT2D eigenvalue weighted by Crippen LogP contribution is 2.38. The topological polar surface area (TPSA) is 153 Å². The maximum absolute atomic E-state index is 13.8. The first-order valence-electron chi connectivity index (χ1n) is 16.7. The van der Waals surface area contributed by atoms with Crippen LogP contribution in [0.4, 0.5) is 16.5 Å². The number of thiazole rings is 1. The summed E-state index contributed by atoms with van der Waals surface area (Å²) in [6.07, 6.45) is 1.59. The Labute approximate surface area is 319 Å². The molecule has 0 fully saturated rings. The summed E-state index contributed by atoms with van der Waals surface area (Å²) in [7, 11) is 0. The fraction of sp³-hybridized carbons (Fsp3) is 0.0732. The van der Waals surface area contributed by atoms with Gasteiger partial charge < -0.3 is 20.7 Å². The molecule has 6 rings (SSSR count). The Kier molecular flexibility index (Phi) is 12.2. The van der Waals surface area contributed by atoms with Crippen molar-refractivity contribution in [3.8, 4) is 17.0 Å². The highest BCUT2D eigenvalue weighted by atomic mass is 32.2. The van der Waals surface area contributed by atoms with Crippen LogP contribution in [0.25, 0.3) is 17.3 Å². The van der Waals surface area contributed by atoms with Gasteiger partial charge >= 0.3 is 0 Å². The number of nitrogens with one attached hydrogen (secondary N) is 3. The van der Waals surface area contributed by atoms with Gasteiger partial charge in [0, 0.05) is 39.2 Å². The standard InChI is InChI=1S/C41H33N5O6S2/c1-2-52-33-21-19-27(20-22-33)23-35(43-38(47)29-13-7-4-8-14-29)39(48)42-31-16-10-18-34(25-31)54-37(28-11-5-3-6-12-28)40(49)45-41-44-36(26-53-41)30-15-9-17-32(24-30)46(50)51/h3-26,37H,2H2,1H3,(H,42,48)(H,43,47)(H,44,45,49)/b35-23+. The molecule has 1 unspecified atom stereocenters. The molecule has 3 amide bonds. The Morgan fingerprint density at radius 3 is 2.31 bits per heavy atom. The van der Waals surface area contributed by atoms with E-state index in [1.54, 1.807) is 96.4 Å². The fourth-order valence-corrected chi connectivity index (χ4v) is 7.04. The van der Waals surface area contributed by atoms with Gasteiger partial charge in [-0.05, 0) is 66.6 Å². The third-order valence-electron chi connectivity index (χ3n) is 7.80. The van der Waals surface area contributed by atoms with E-state index in [0.717, 1.165) is 5.56 Å². The maximum atomic E-state index is 13.8. The second kappa shape index (κ2) is 17.8. The SMILES string of the molecule is CCOc1ccc(/C=C(/NC(=O)c2ccccc2)C(=O)Nc2cccc(SC(C(=O)Nc3nc(-c4cccc([N+](=O)[O-])c4)cs3)c3ccccc3)c2)cc1. The van der Waals surface area contributed by atoms with E-state index in [-0.39, 0.29) is 17.3 Å². The van der Waals surface area contributed by atoms with E-state index >= 15 is 0 Å². The van der Waals surface area contributed by atoms with Crippen LogP contribution in [0, 0.1) is 10.1 Å². The van der Waals surface area contributed by atoms with Crippen molar-refractivity contribution >= 4 is 63.4 Å². The summed E-state index contributed by atoms with van der Waals surface area (Å²) in [5.74, 6) is -0.634. The second-order valence-electron chi connectivity index (χ2n) is 11.6. The quantitative estimate of drug-likeness (QED) is 0.0431. The molecule has 0 radical (unpaired) electrons. The molecule has 0 aliphatic heterocycles. The summed E-state index contributed by atoms with van der Waals surface area (Å²) in [5, 5.41) is 21.2. The van der Waals surface area contributed by atoms with Gasteiger partial charge in [0.25, 0.3) is 17.5 Å². The number of nitro groups is 1. The van der Waals surface area contributed by atoms with Gasteiger partial charge in [0.15, 0.2) is 5.13 Å². The first-order valence-corrected chi connectivity index (χ1v) is 18.5. The Morgan fingerprint density at radius 1 is 0.870 bits per heavy atom. The van der Waals surface area contributed by atoms with Crippen molar-refractivity contribution in [2.45, 2.75) is 17.1 Å². The van der Waals surface area contributed by atoms with Crippen molar-refractivity contribution in [2.24, 2.45) is 0 Å². The zero-order valence-electron chi connectivity index (χ0n) is 28.8. The predicted molar refractivity (Wildman–Crippen MR) is 212 cm³/mol. The van der Waals surface area contributed by atoms with Crippen molar-refractivity contribution < 1.29 is 24.0 Å². The van der Waals surface area contributed by atoms with Crippen LogP contribution >= 0.6 is 23.1 Å². The summed E-state index contributed by atoms with van der Waals surface area (Å²) in [6, 6.07) is 38.2. The number of rotatable bonds is 14. The minimum Gasteiger partial charge on any atom is -0.494 e. The van der Waals surface area contributed by atoms with Crippen LogP contribution < -0.4 is 20.7 Å². The van der Waals surface area contributed by atoms with Crippen LogP contribution in [0.15, 0.2) is 149 Å². The lowest BCUT2D eigenvalue weighted by molar-refractivity contribution is -0.384. The van der Waals surface area contributed by atoms with Gasteiger partial charge in [0.1, 0.15) is 16.7 Å². The van der Waals surface area contributed by atoms with Crippen LogP contribution in [-0.4, -0.2) is 34.2 Å². The number of amides is 3. The molecule has 54 heavy (non-hydrogen) atoms. The third kappa shape index (κ3) is 9.85. The molecule has 0 aliphatic carbocycles. The summed E-state index contributed by atoms with van der Waals surface area (Å²) in [5.41, 5.74) is 3.30. The fourth-order valence-electron chi connectivity index (χ4n) is 5.23. The highest BCUT2D eigenvalue weighted by molar-refractivity contribution is 8.00. The Hall–Kier alpha value is -6.57. The normalized spacial score (nSPS) is 11.6. The molecule has 11 nitrogen and oxygen atoms in total. The lowest BCUT2D eigenvalue weighted by Gasteiger charge is -2.17. The molecule has 270 valence electrons. The van der Waals surface area contributed by atoms with Crippen LogP contribution in [0.2, 0.25) is 0 Å². The molecule has 1 atom stereocenters. The van der Waals surface area contributed by atoms with Crippen molar-refractivity contribution in [3.05, 3.63) is 171 Å². The lowest BCUT2D eigenvalue weighted by Crippen LogP contribution is -2.30. The minimum atomic E-state index is -0.706. The van der Waals surface area contributed by atoms with Crippen molar-refractivity contribution in [2.75, 3.05) is 17.2 Å². The number of hydrogen-bond acceptors (Lipinski definition) is 9. The molecule has 1 heterocycles. The number of nitrogens with zero attached hydrogens (tertiary/aromatic N) is 2. The van der Waals surface area contributed by atoms with Gasteiger partial charge in [-0.25, -0.2) is 4.98 Å². The Balaban J connectivity index is 1.21. The molecule has 0 saturated carbocycles. The van der Waals surface area contributed by atoms with Crippen LogP contribution in [0.5, 0.6) is 5.75 Å². The largest absolute Gasteiger partial charge is 0.494 e. The van der Waals surface area contributed by atoms with E-state index in [1.165, 1.54) is 35.2 Å². The number of carbonyl (C=O) groups excluding carboxylic acids is 3. The first-order chi connectivity index (χ1) is 26.2. The summed E-state index contributed by atoms with van der Waals surface area (Å²) >= 11 is 2.50. The Bertz CT molecular complexity index is 2300. The first kappa shape index (κ1) is 37.2. The zero-order valence-corrected chi connectivity index (χ0v) is 30.4. The third-order valence-corrected chi connectivity index (χ3v) is 9.81. The van der Waals surface area contributed by atoms with E-state index < -0.39 is 22.0 Å². The number of carbonyl (C=O) groups is 3. The monoisotopic (exact) mass is 755 g/mol. The van der Waals surface area contributed by atoms with E-state index in [1.807, 2.05) is 43.3 Å². The Morgan fingerprint density at radius 2 is 1.59 bits per heavy atom. The van der Waals surface area contributed by atoms with Crippen LogP contribution in [0.1, 0.15) is 33.7 Å². The molecular formula is C41H33N5O6S2. The van der Waals surface area contributed by atoms with Gasteiger partial charge in [0.2, 0.25) is 5.91 Å². The zero-order chi connectivity index (χ0) is 37.9. The molecule has 0 bridgehead atoms. The predicted octanol–water partition coefficient (Wildman–Crippen LogP) is 9.00. The second-order valence-corrected chi connectivity index (χ2v) is 13.6. The van der Waals surface area contributed by atoms with Crippen molar-refractivity contribution in [1.82, 2.24) is 10.3 Å². The minimum absolute atomic E-state index is 0.0283. The number of aromatic nitrogens is 1. The number of thioether (sulfide) groups is 1. The molecule has 3 N–H and O–H groups in total. The highest BCUT2D eigenvalue weighted by Gasteiger charge is 2.24. The molecule has 0 saturated heterocycles. The van der Waals surface area contributed by atoms with Gasteiger partial charge in [-0.15, -0.1) is 23.1 Å². The summed E-state index contributed by atoms with van der Waals surface area (Å²) < 4.78 is 5.54.